The van der Waals surface area contributed by atoms with Crippen LogP contribution in [-0.2, 0) is 13.0 Å². The number of benzene rings is 3. The number of carbonyl (C=O) groups is 2. The summed E-state index contributed by atoms with van der Waals surface area (Å²) >= 11 is 0. The Bertz CT molecular complexity index is 1350. The molecule has 5 nitrogen and oxygen atoms in total. The molecular weight excluding hydrogens is 508 g/mol. The summed E-state index contributed by atoms with van der Waals surface area (Å²) in [5.74, 6) is 0.795. The van der Waals surface area contributed by atoms with Gasteiger partial charge < -0.3 is 15.5 Å². The molecule has 0 aliphatic rings. The summed E-state index contributed by atoms with van der Waals surface area (Å²) in [6, 6.07) is 15.7. The van der Waals surface area contributed by atoms with Crippen molar-refractivity contribution in [1.82, 2.24) is 15.5 Å². The first-order valence-electron chi connectivity index (χ1n) is 13.6. The van der Waals surface area contributed by atoms with Crippen LogP contribution < -0.4 is 10.6 Å². The number of rotatable bonds is 13. The van der Waals surface area contributed by atoms with Gasteiger partial charge in [-0.15, -0.1) is 6.42 Å². The first kappa shape index (κ1) is 30.5. The standard InChI is InChI=1S/C33H37F2N3O2/c1-5-7-13-38(4)33(40)28-15-23(3)14-27(20-28)32(39)37-31(19-26-17-29(34)21-30(35)18-26)11-12-36-22-25-10-8-9-24(6-2)16-25/h2,8-10,14-18,20-21,31,36H,5,7,11-13,19,22H2,1,3-4H3,(H,37,39)/t31-/m1/s1. The molecule has 0 radical (unpaired) electrons. The normalized spacial score (nSPS) is 11.5. The van der Waals surface area contributed by atoms with Crippen molar-refractivity contribution in [2.24, 2.45) is 0 Å². The number of terminal acetylenes is 1. The number of nitrogens with zero attached hydrogens (tertiary/aromatic N) is 1. The second-order valence-corrected chi connectivity index (χ2v) is 10.1. The molecule has 40 heavy (non-hydrogen) atoms. The van der Waals surface area contributed by atoms with Gasteiger partial charge in [0.25, 0.3) is 11.8 Å². The van der Waals surface area contributed by atoms with E-state index in [2.05, 4.69) is 23.5 Å². The maximum absolute atomic E-state index is 13.9. The molecule has 0 heterocycles. The lowest BCUT2D eigenvalue weighted by Crippen LogP contribution is -2.39. The van der Waals surface area contributed by atoms with Crippen molar-refractivity contribution in [3.63, 3.8) is 0 Å². The number of nitrogens with one attached hydrogen (secondary N) is 2. The molecule has 3 rings (SSSR count). The lowest BCUT2D eigenvalue weighted by atomic mass is 10.0. The molecule has 0 unspecified atom stereocenters. The molecule has 2 N–H and O–H groups in total. The minimum atomic E-state index is -0.666. The van der Waals surface area contributed by atoms with Crippen LogP contribution in [0.2, 0.25) is 0 Å². The molecule has 2 amide bonds. The third-order valence-corrected chi connectivity index (χ3v) is 6.61. The third-order valence-electron chi connectivity index (χ3n) is 6.61. The van der Waals surface area contributed by atoms with E-state index in [9.17, 15) is 18.4 Å². The fourth-order valence-corrected chi connectivity index (χ4v) is 4.54. The Labute approximate surface area is 236 Å². The van der Waals surface area contributed by atoms with E-state index in [4.69, 9.17) is 6.42 Å². The van der Waals surface area contributed by atoms with Crippen molar-refractivity contribution in [3.8, 4) is 12.3 Å². The van der Waals surface area contributed by atoms with E-state index in [1.54, 1.807) is 30.1 Å². The molecule has 0 aliphatic carbocycles. The lowest BCUT2D eigenvalue weighted by Gasteiger charge is -2.21. The SMILES string of the molecule is C#Cc1cccc(CNCC[C@H](Cc2cc(F)cc(F)c2)NC(=O)c2cc(C)cc(C(=O)N(C)CCCC)c2)c1. The van der Waals surface area contributed by atoms with Crippen LogP contribution >= 0.6 is 0 Å². The van der Waals surface area contributed by atoms with Crippen LogP contribution in [0.3, 0.4) is 0 Å². The van der Waals surface area contributed by atoms with E-state index < -0.39 is 17.7 Å². The predicted octanol–water partition coefficient (Wildman–Crippen LogP) is 5.65. The minimum absolute atomic E-state index is 0.143. The quantitative estimate of drug-likeness (QED) is 0.216. The highest BCUT2D eigenvalue weighted by atomic mass is 19.1. The van der Waals surface area contributed by atoms with Gasteiger partial charge in [0.1, 0.15) is 11.6 Å². The molecule has 0 fully saturated rings. The average Bonchev–Trinajstić information content (AvgIpc) is 2.92. The van der Waals surface area contributed by atoms with Crippen molar-refractivity contribution in [1.29, 1.82) is 0 Å². The molecule has 3 aromatic rings. The molecule has 0 aromatic heterocycles. The summed E-state index contributed by atoms with van der Waals surface area (Å²) in [6.45, 7) is 5.67. The van der Waals surface area contributed by atoms with Crippen LogP contribution in [0, 0.1) is 30.9 Å². The highest BCUT2D eigenvalue weighted by Crippen LogP contribution is 2.15. The summed E-state index contributed by atoms with van der Waals surface area (Å²) in [7, 11) is 1.75. The van der Waals surface area contributed by atoms with Crippen LogP contribution in [0.5, 0.6) is 0 Å². The number of halogens is 2. The van der Waals surface area contributed by atoms with Crippen LogP contribution in [0.1, 0.15) is 69.2 Å². The van der Waals surface area contributed by atoms with E-state index in [1.165, 1.54) is 12.1 Å². The first-order chi connectivity index (χ1) is 19.2. The molecule has 210 valence electrons. The molecule has 0 saturated heterocycles. The highest BCUT2D eigenvalue weighted by Gasteiger charge is 2.19. The van der Waals surface area contributed by atoms with E-state index in [-0.39, 0.29) is 18.2 Å². The summed E-state index contributed by atoms with van der Waals surface area (Å²) < 4.78 is 27.8. The van der Waals surface area contributed by atoms with E-state index in [1.807, 2.05) is 31.2 Å². The predicted molar refractivity (Wildman–Crippen MR) is 155 cm³/mol. The zero-order valence-electron chi connectivity index (χ0n) is 23.4. The zero-order valence-corrected chi connectivity index (χ0v) is 23.4. The summed E-state index contributed by atoms with van der Waals surface area (Å²) in [6.07, 6.45) is 8.11. The van der Waals surface area contributed by atoms with Crippen molar-refractivity contribution >= 4 is 11.8 Å². The second-order valence-electron chi connectivity index (χ2n) is 10.1. The van der Waals surface area contributed by atoms with Gasteiger partial charge in [-0.3, -0.25) is 9.59 Å². The number of hydrogen-bond donors (Lipinski definition) is 2. The number of hydrogen-bond acceptors (Lipinski definition) is 3. The van der Waals surface area contributed by atoms with Gasteiger partial charge in [0.15, 0.2) is 0 Å². The third kappa shape index (κ3) is 9.32. The smallest absolute Gasteiger partial charge is 0.253 e. The highest BCUT2D eigenvalue weighted by molar-refractivity contribution is 6.00. The van der Waals surface area contributed by atoms with Gasteiger partial charge in [0.2, 0.25) is 0 Å². The van der Waals surface area contributed by atoms with Gasteiger partial charge in [-0.05, 0) is 91.9 Å². The molecule has 7 heteroatoms. The van der Waals surface area contributed by atoms with Crippen LogP contribution in [0.25, 0.3) is 0 Å². The summed E-state index contributed by atoms with van der Waals surface area (Å²) in [5, 5.41) is 6.37. The number of carbonyl (C=O) groups excluding carboxylic acids is 2. The Morgan fingerprint density at radius 2 is 1.73 bits per heavy atom. The molecule has 0 spiro atoms. The maximum atomic E-state index is 13.9. The van der Waals surface area contributed by atoms with Gasteiger partial charge >= 0.3 is 0 Å². The van der Waals surface area contributed by atoms with Crippen molar-refractivity contribution in [2.75, 3.05) is 20.1 Å². The Morgan fingerprint density at radius 1 is 1.00 bits per heavy atom. The minimum Gasteiger partial charge on any atom is -0.349 e. The fraction of sp³-hybridized carbons (Fsp3) is 0.333. The van der Waals surface area contributed by atoms with Gasteiger partial charge in [-0.25, -0.2) is 8.78 Å². The Kier molecular flexibility index (Phi) is 11.4. The molecule has 3 aromatic carbocycles. The van der Waals surface area contributed by atoms with Crippen molar-refractivity contribution in [3.05, 3.63) is 106 Å². The average molecular weight is 546 g/mol. The molecule has 1 atom stereocenters. The van der Waals surface area contributed by atoms with Gasteiger partial charge in [0, 0.05) is 48.9 Å². The molecule has 0 saturated carbocycles. The molecule has 0 bridgehead atoms. The van der Waals surface area contributed by atoms with E-state index >= 15 is 0 Å². The van der Waals surface area contributed by atoms with Crippen molar-refractivity contribution in [2.45, 2.75) is 52.1 Å². The molecule has 0 aliphatic heterocycles. The van der Waals surface area contributed by atoms with Gasteiger partial charge in [0.05, 0.1) is 0 Å². The topological polar surface area (TPSA) is 61.4 Å². The fourth-order valence-electron chi connectivity index (χ4n) is 4.54. The monoisotopic (exact) mass is 545 g/mol. The largest absolute Gasteiger partial charge is 0.349 e. The zero-order chi connectivity index (χ0) is 29.1. The van der Waals surface area contributed by atoms with Gasteiger partial charge in [-0.1, -0.05) is 31.4 Å². The van der Waals surface area contributed by atoms with Crippen molar-refractivity contribution < 1.29 is 18.4 Å². The van der Waals surface area contributed by atoms with Gasteiger partial charge in [-0.2, -0.15) is 0 Å². The number of aryl methyl sites for hydroxylation is 1. The van der Waals surface area contributed by atoms with Crippen LogP contribution in [0.4, 0.5) is 8.78 Å². The summed E-state index contributed by atoms with van der Waals surface area (Å²) in [4.78, 5) is 27.9. The number of unbranched alkanes of at least 4 members (excludes halogenated alkanes) is 1. The van der Waals surface area contributed by atoms with Crippen LogP contribution in [-0.4, -0.2) is 42.9 Å². The second kappa shape index (κ2) is 14.9. The maximum Gasteiger partial charge on any atom is 0.253 e. The Balaban J connectivity index is 1.73. The van der Waals surface area contributed by atoms with Crippen LogP contribution in [0.15, 0.2) is 60.7 Å². The Morgan fingerprint density at radius 3 is 2.42 bits per heavy atom. The first-order valence-corrected chi connectivity index (χ1v) is 13.6. The lowest BCUT2D eigenvalue weighted by molar-refractivity contribution is 0.0793. The summed E-state index contributed by atoms with van der Waals surface area (Å²) in [5.41, 5.74) is 3.88. The van der Waals surface area contributed by atoms with E-state index in [0.29, 0.717) is 42.7 Å². The van der Waals surface area contributed by atoms with E-state index in [0.717, 1.165) is 35.6 Å². The number of amides is 2. The Hall–Kier alpha value is -4.02. The molecular formula is C33H37F2N3O2.